The molecule has 1 aromatic heterocycles. The number of ether oxygens (including phenoxy) is 1. The van der Waals surface area contributed by atoms with E-state index in [2.05, 4.69) is 32.0 Å². The molecule has 0 aliphatic carbocycles. The minimum Gasteiger partial charge on any atom is -0.489 e. The van der Waals surface area contributed by atoms with E-state index in [9.17, 15) is 9.90 Å². The number of hydrogen-bond donors (Lipinski definition) is 1. The first kappa shape index (κ1) is 21.0. The van der Waals surface area contributed by atoms with Gasteiger partial charge in [-0.1, -0.05) is 74.0 Å². The van der Waals surface area contributed by atoms with Gasteiger partial charge in [-0.25, -0.2) is 4.79 Å². The summed E-state index contributed by atoms with van der Waals surface area (Å²) in [7, 11) is 0. The van der Waals surface area contributed by atoms with Crippen molar-refractivity contribution >= 4 is 28.5 Å². The maximum atomic E-state index is 11.6. The van der Waals surface area contributed by atoms with Crippen molar-refractivity contribution in [2.45, 2.75) is 32.9 Å². The van der Waals surface area contributed by atoms with Crippen molar-refractivity contribution in [2.24, 2.45) is 0 Å². The standard InChI is InChI=1S/C26H24ClNO3/c1-17(2)21-13-19(11-12-24(21)31-16-18-7-4-3-5-8-18)14-28-15-22(27)25-20(26(29)30)9-6-10-23(25)28/h3-13,15,17H,14,16H2,1-2H3,(H,29,30). The molecule has 0 amide bonds. The van der Waals surface area contributed by atoms with Gasteiger partial charge in [0.05, 0.1) is 16.1 Å². The van der Waals surface area contributed by atoms with Crippen molar-refractivity contribution in [3.63, 3.8) is 0 Å². The average molecular weight is 434 g/mol. The SMILES string of the molecule is CC(C)c1cc(Cn2cc(Cl)c3c(C(=O)O)cccc32)ccc1OCc1ccccc1. The summed E-state index contributed by atoms with van der Waals surface area (Å²) in [4.78, 5) is 11.6. The third kappa shape index (κ3) is 4.44. The molecule has 3 aromatic carbocycles. The number of hydrogen-bond acceptors (Lipinski definition) is 2. The second-order valence-electron chi connectivity index (χ2n) is 7.91. The van der Waals surface area contributed by atoms with Crippen LogP contribution in [0.1, 0.15) is 46.8 Å². The molecule has 31 heavy (non-hydrogen) atoms. The molecule has 4 rings (SSSR count). The van der Waals surface area contributed by atoms with Crippen molar-refractivity contribution in [1.82, 2.24) is 4.57 Å². The number of carbonyl (C=O) groups is 1. The molecule has 0 spiro atoms. The molecule has 0 saturated carbocycles. The Kier molecular flexibility index (Phi) is 6.01. The summed E-state index contributed by atoms with van der Waals surface area (Å²) in [5.41, 5.74) is 4.39. The first-order chi connectivity index (χ1) is 14.9. The zero-order valence-electron chi connectivity index (χ0n) is 17.5. The molecular weight excluding hydrogens is 410 g/mol. The van der Waals surface area contributed by atoms with E-state index >= 15 is 0 Å². The van der Waals surface area contributed by atoms with Gasteiger partial charge in [-0.2, -0.15) is 0 Å². The van der Waals surface area contributed by atoms with Gasteiger partial charge >= 0.3 is 5.97 Å². The Balaban J connectivity index is 1.63. The Morgan fingerprint density at radius 1 is 1.03 bits per heavy atom. The summed E-state index contributed by atoms with van der Waals surface area (Å²) in [5.74, 6) is 0.202. The Morgan fingerprint density at radius 2 is 1.81 bits per heavy atom. The molecule has 0 atom stereocenters. The van der Waals surface area contributed by atoms with Crippen molar-refractivity contribution in [3.8, 4) is 5.75 Å². The lowest BCUT2D eigenvalue weighted by molar-refractivity contribution is 0.0699. The van der Waals surface area contributed by atoms with Gasteiger partial charge in [0.15, 0.2) is 0 Å². The summed E-state index contributed by atoms with van der Waals surface area (Å²) in [6, 6.07) is 21.6. The van der Waals surface area contributed by atoms with Crippen LogP contribution in [0.15, 0.2) is 72.9 Å². The molecule has 4 nitrogen and oxygen atoms in total. The van der Waals surface area contributed by atoms with Gasteiger partial charge in [0, 0.05) is 18.1 Å². The summed E-state index contributed by atoms with van der Waals surface area (Å²) >= 11 is 6.40. The lowest BCUT2D eigenvalue weighted by atomic mass is 9.99. The van der Waals surface area contributed by atoms with Crippen molar-refractivity contribution < 1.29 is 14.6 Å². The van der Waals surface area contributed by atoms with Gasteiger partial charge in [0.2, 0.25) is 0 Å². The molecule has 5 heteroatoms. The molecule has 0 unspecified atom stereocenters. The number of nitrogens with zero attached hydrogens (tertiary/aromatic N) is 1. The first-order valence-electron chi connectivity index (χ1n) is 10.2. The zero-order chi connectivity index (χ0) is 22.0. The Morgan fingerprint density at radius 3 is 2.52 bits per heavy atom. The normalized spacial score (nSPS) is 11.2. The second-order valence-corrected chi connectivity index (χ2v) is 8.32. The summed E-state index contributed by atoms with van der Waals surface area (Å²) in [6.45, 7) is 5.41. The Bertz CT molecular complexity index is 1230. The largest absolute Gasteiger partial charge is 0.489 e. The van der Waals surface area contributed by atoms with Gasteiger partial charge in [0.25, 0.3) is 0 Å². The minimum atomic E-state index is -0.979. The second kappa shape index (κ2) is 8.86. The van der Waals surface area contributed by atoms with Crippen LogP contribution >= 0.6 is 11.6 Å². The number of carboxylic acid groups (broad SMARTS) is 1. The van der Waals surface area contributed by atoms with E-state index in [-0.39, 0.29) is 5.56 Å². The van der Waals surface area contributed by atoms with Gasteiger partial charge in [-0.15, -0.1) is 0 Å². The fraction of sp³-hybridized carbons (Fsp3) is 0.192. The van der Waals surface area contributed by atoms with Crippen LogP contribution in [0.2, 0.25) is 5.02 Å². The fourth-order valence-electron chi connectivity index (χ4n) is 3.82. The van der Waals surface area contributed by atoms with Crippen LogP contribution in [-0.4, -0.2) is 15.6 Å². The molecule has 158 valence electrons. The number of fused-ring (bicyclic) bond motifs is 1. The number of carboxylic acids is 1. The lowest BCUT2D eigenvalue weighted by Gasteiger charge is -2.16. The van der Waals surface area contributed by atoms with Gasteiger partial charge in [-0.05, 0) is 40.8 Å². The third-order valence-corrected chi connectivity index (χ3v) is 5.66. The highest BCUT2D eigenvalue weighted by atomic mass is 35.5. The highest BCUT2D eigenvalue weighted by molar-refractivity contribution is 6.36. The molecule has 0 bridgehead atoms. The monoisotopic (exact) mass is 433 g/mol. The van der Waals surface area contributed by atoms with Crippen LogP contribution in [0.4, 0.5) is 0 Å². The maximum absolute atomic E-state index is 11.6. The minimum absolute atomic E-state index is 0.216. The predicted molar refractivity (Wildman–Crippen MR) is 124 cm³/mol. The van der Waals surface area contributed by atoms with E-state index in [0.29, 0.717) is 29.5 Å². The Labute approximate surface area is 186 Å². The topological polar surface area (TPSA) is 51.5 Å². The van der Waals surface area contributed by atoms with Crippen LogP contribution in [0.5, 0.6) is 5.75 Å². The van der Waals surface area contributed by atoms with E-state index in [1.165, 1.54) is 0 Å². The molecule has 1 N–H and O–H groups in total. The highest BCUT2D eigenvalue weighted by Crippen LogP contribution is 2.32. The van der Waals surface area contributed by atoms with Gasteiger partial charge in [0.1, 0.15) is 12.4 Å². The fourth-order valence-corrected chi connectivity index (χ4v) is 4.14. The van der Waals surface area contributed by atoms with Gasteiger partial charge < -0.3 is 14.4 Å². The third-order valence-electron chi connectivity index (χ3n) is 5.38. The average Bonchev–Trinajstić information content (AvgIpc) is 3.08. The van der Waals surface area contributed by atoms with E-state index in [1.54, 1.807) is 18.3 Å². The quantitative estimate of drug-likeness (QED) is 0.351. The molecule has 0 fully saturated rings. The smallest absolute Gasteiger partial charge is 0.336 e. The van der Waals surface area contributed by atoms with Crippen molar-refractivity contribution in [2.75, 3.05) is 0 Å². The number of rotatable bonds is 7. The molecule has 4 aromatic rings. The summed E-state index contributed by atoms with van der Waals surface area (Å²) < 4.78 is 8.11. The van der Waals surface area contributed by atoms with Crippen LogP contribution in [0.3, 0.4) is 0 Å². The molecular formula is C26H24ClNO3. The summed E-state index contributed by atoms with van der Waals surface area (Å²) in [6.07, 6.45) is 1.80. The molecule has 0 aliphatic rings. The maximum Gasteiger partial charge on any atom is 0.336 e. The Hall–Kier alpha value is -3.24. The molecule has 1 heterocycles. The van der Waals surface area contributed by atoms with E-state index in [1.807, 2.05) is 41.0 Å². The predicted octanol–water partition coefficient (Wildman–Crippen LogP) is 6.74. The summed E-state index contributed by atoms with van der Waals surface area (Å²) in [5, 5.41) is 10.5. The van der Waals surface area contributed by atoms with Crippen LogP contribution < -0.4 is 4.74 Å². The van der Waals surface area contributed by atoms with Crippen LogP contribution in [-0.2, 0) is 13.2 Å². The van der Waals surface area contributed by atoms with E-state index in [4.69, 9.17) is 16.3 Å². The van der Waals surface area contributed by atoms with Crippen LogP contribution in [0.25, 0.3) is 10.9 Å². The van der Waals surface area contributed by atoms with Crippen LogP contribution in [0, 0.1) is 0 Å². The van der Waals surface area contributed by atoms with Crippen molar-refractivity contribution in [1.29, 1.82) is 0 Å². The van der Waals surface area contributed by atoms with Crippen molar-refractivity contribution in [3.05, 3.63) is 100 Å². The zero-order valence-corrected chi connectivity index (χ0v) is 18.3. The van der Waals surface area contributed by atoms with E-state index < -0.39 is 5.97 Å². The highest BCUT2D eigenvalue weighted by Gasteiger charge is 2.16. The molecule has 0 aliphatic heterocycles. The number of benzene rings is 3. The number of aromatic carboxylic acids is 1. The molecule has 0 radical (unpaired) electrons. The van der Waals surface area contributed by atoms with Gasteiger partial charge in [-0.3, -0.25) is 0 Å². The number of halogens is 1. The first-order valence-corrected chi connectivity index (χ1v) is 10.6. The van der Waals surface area contributed by atoms with E-state index in [0.717, 1.165) is 28.0 Å². The lowest BCUT2D eigenvalue weighted by Crippen LogP contribution is -2.03. The molecule has 0 saturated heterocycles. The number of aromatic nitrogens is 1.